The van der Waals surface area contributed by atoms with E-state index in [1.54, 1.807) is 0 Å². The Balaban J connectivity index is 1.74. The number of carbonyl (C=O) groups is 2. The van der Waals surface area contributed by atoms with Gasteiger partial charge in [0.05, 0.1) is 14.0 Å². The minimum Gasteiger partial charge on any atom is -0.294 e. The zero-order valence-corrected chi connectivity index (χ0v) is 21.4. The number of benzene rings is 1. The highest BCUT2D eigenvalue weighted by atomic mass is 28.3. The molecule has 0 N–H and O–H groups in total. The number of ketones is 2. The molecule has 5 rings (SSSR count). The van der Waals surface area contributed by atoms with Gasteiger partial charge in [0, 0.05) is 24.5 Å². The first-order valence-corrected chi connectivity index (χ1v) is 14.7. The van der Waals surface area contributed by atoms with E-state index >= 15 is 0 Å². The molecule has 32 heavy (non-hydrogen) atoms. The Morgan fingerprint density at radius 3 is 2.22 bits per heavy atom. The van der Waals surface area contributed by atoms with E-state index < -0.39 is 14.0 Å². The lowest BCUT2D eigenvalue weighted by molar-refractivity contribution is -0.128. The van der Waals surface area contributed by atoms with E-state index in [4.69, 9.17) is 0 Å². The summed E-state index contributed by atoms with van der Waals surface area (Å²) < 4.78 is 0. The summed E-state index contributed by atoms with van der Waals surface area (Å²) in [6.45, 7) is 15.7. The summed E-state index contributed by atoms with van der Waals surface area (Å²) in [7, 11) is -2.18. The topological polar surface area (TPSA) is 37.4 Å². The Kier molecular flexibility index (Phi) is 5.07. The van der Waals surface area contributed by atoms with E-state index in [0.29, 0.717) is 22.7 Å². The third-order valence-corrected chi connectivity index (χ3v) is 16.5. The van der Waals surface area contributed by atoms with E-state index in [1.165, 1.54) is 21.9 Å². The van der Waals surface area contributed by atoms with Gasteiger partial charge >= 0.3 is 0 Å². The van der Waals surface area contributed by atoms with Crippen molar-refractivity contribution >= 4 is 19.6 Å². The van der Waals surface area contributed by atoms with Gasteiger partial charge in [-0.05, 0) is 51.9 Å². The van der Waals surface area contributed by atoms with Gasteiger partial charge in [-0.2, -0.15) is 0 Å². The average Bonchev–Trinajstić information content (AvgIpc) is 3.24. The van der Waals surface area contributed by atoms with Crippen LogP contribution in [-0.4, -0.2) is 37.1 Å². The zero-order valence-electron chi connectivity index (χ0n) is 20.4. The van der Waals surface area contributed by atoms with Gasteiger partial charge in [0.2, 0.25) is 0 Å². The molecule has 4 aliphatic rings. The van der Waals surface area contributed by atoms with Crippen LogP contribution in [-0.2, 0) is 16.1 Å². The highest BCUT2D eigenvalue weighted by Gasteiger charge is 2.71. The molecular formula is C28H37NO2Si. The molecule has 1 unspecified atom stereocenters. The molecule has 1 heterocycles. The number of nitrogens with zero attached hydrogens (tertiary/aromatic N) is 1. The summed E-state index contributed by atoms with van der Waals surface area (Å²) in [4.78, 5) is 30.2. The van der Waals surface area contributed by atoms with E-state index in [-0.39, 0.29) is 17.0 Å². The van der Waals surface area contributed by atoms with Crippen molar-refractivity contribution in [1.29, 1.82) is 0 Å². The number of hydrogen-bond acceptors (Lipinski definition) is 3. The summed E-state index contributed by atoms with van der Waals surface area (Å²) in [5, 5.41) is 1.18. The van der Waals surface area contributed by atoms with Crippen molar-refractivity contribution in [1.82, 2.24) is 4.90 Å². The Bertz CT molecular complexity index is 1010. The second-order valence-electron chi connectivity index (χ2n) is 11.5. The maximum Gasteiger partial charge on any atom is 0.167 e. The molecule has 1 aliphatic heterocycles. The first kappa shape index (κ1) is 22.0. The number of allylic oxidation sites excluding steroid dienone is 2. The van der Waals surface area contributed by atoms with Gasteiger partial charge in [-0.1, -0.05) is 77.4 Å². The van der Waals surface area contributed by atoms with Crippen molar-refractivity contribution in [3.05, 3.63) is 58.3 Å². The van der Waals surface area contributed by atoms with Crippen molar-refractivity contribution < 1.29 is 9.59 Å². The summed E-state index contributed by atoms with van der Waals surface area (Å²) in [6.07, 6.45) is 3.86. The minimum atomic E-state index is -2.18. The maximum atomic E-state index is 14.3. The van der Waals surface area contributed by atoms with Crippen molar-refractivity contribution in [2.45, 2.75) is 83.6 Å². The van der Waals surface area contributed by atoms with Crippen LogP contribution in [0.4, 0.5) is 0 Å². The van der Waals surface area contributed by atoms with Gasteiger partial charge < -0.3 is 0 Å². The van der Waals surface area contributed by atoms with Crippen LogP contribution < -0.4 is 0 Å². The van der Waals surface area contributed by atoms with E-state index in [9.17, 15) is 9.59 Å². The largest absolute Gasteiger partial charge is 0.294 e. The first-order valence-electron chi connectivity index (χ1n) is 12.5. The summed E-state index contributed by atoms with van der Waals surface area (Å²) >= 11 is 0. The number of rotatable bonds is 6. The van der Waals surface area contributed by atoms with Crippen LogP contribution in [0, 0.1) is 11.3 Å². The third kappa shape index (κ3) is 2.57. The fraction of sp³-hybridized carbons (Fsp3) is 0.571. The molecule has 4 heteroatoms. The van der Waals surface area contributed by atoms with Gasteiger partial charge in [-0.15, -0.1) is 0 Å². The van der Waals surface area contributed by atoms with Crippen LogP contribution in [0.2, 0.25) is 16.6 Å². The molecule has 0 aromatic heterocycles. The fourth-order valence-electron chi connectivity index (χ4n) is 8.56. The number of likely N-dealkylation sites (tertiary alicyclic amines) is 1. The number of Topliss-reactive ketones (excluding diaryl/α,β-unsaturated/α-hetero) is 1. The fourth-order valence-corrected chi connectivity index (χ4v) is 15.7. The van der Waals surface area contributed by atoms with Crippen LogP contribution in [0.15, 0.2) is 52.8 Å². The predicted molar refractivity (Wildman–Crippen MR) is 132 cm³/mol. The standard InChI is InChI=1S/C28H37NO2Si/c1-17(2)32(18(3)4,19(5)6)27-24-22-13-12-21-14-23(30)25(26(27)31)28(21,24)16-29(22)15-20-10-8-7-9-11-20/h7-11,14,17-19,22,25H,12-13,15-16H2,1-6H3/t22?,25-,28+/m1/s1. The monoisotopic (exact) mass is 447 g/mol. The first-order chi connectivity index (χ1) is 15.2. The summed E-state index contributed by atoms with van der Waals surface area (Å²) in [5.74, 6) is -0.182. The molecule has 1 saturated carbocycles. The SMILES string of the molecule is CC(C)[Si](C1=C2C3CCC4=CC(=O)[C@H](C1=O)[C@@]42CN3Cc1ccccc1)(C(C)C)C(C)C. The molecular weight excluding hydrogens is 410 g/mol. The molecule has 0 radical (unpaired) electrons. The Labute approximate surface area is 194 Å². The molecule has 3 aliphatic carbocycles. The van der Waals surface area contributed by atoms with E-state index in [1.807, 2.05) is 6.08 Å². The van der Waals surface area contributed by atoms with Crippen LogP contribution in [0.25, 0.3) is 0 Å². The number of hydrogen-bond donors (Lipinski definition) is 0. The molecule has 2 bridgehead atoms. The molecule has 1 aromatic rings. The van der Waals surface area contributed by atoms with E-state index in [2.05, 4.69) is 76.8 Å². The summed E-state index contributed by atoms with van der Waals surface area (Å²) in [5.41, 5.74) is 5.04. The smallest absolute Gasteiger partial charge is 0.167 e. The van der Waals surface area contributed by atoms with Crippen LogP contribution in [0.5, 0.6) is 0 Å². The van der Waals surface area contributed by atoms with Gasteiger partial charge in [-0.3, -0.25) is 14.5 Å². The maximum absolute atomic E-state index is 14.3. The zero-order chi connectivity index (χ0) is 23.0. The molecule has 1 spiro atoms. The van der Waals surface area contributed by atoms with Crippen molar-refractivity contribution in [2.75, 3.05) is 6.54 Å². The molecule has 1 saturated heterocycles. The normalized spacial score (nSPS) is 29.7. The Morgan fingerprint density at radius 1 is 1.00 bits per heavy atom. The Hall–Kier alpha value is -1.78. The quantitative estimate of drug-likeness (QED) is 0.404. The lowest BCUT2D eigenvalue weighted by Gasteiger charge is -2.45. The molecule has 170 valence electrons. The van der Waals surface area contributed by atoms with Gasteiger partial charge in [0.15, 0.2) is 11.6 Å². The van der Waals surface area contributed by atoms with Gasteiger partial charge in [0.25, 0.3) is 0 Å². The van der Waals surface area contributed by atoms with E-state index in [0.717, 1.165) is 25.9 Å². The van der Waals surface area contributed by atoms with Gasteiger partial charge in [0.1, 0.15) is 0 Å². The van der Waals surface area contributed by atoms with Crippen LogP contribution in [0.1, 0.15) is 59.9 Å². The highest BCUT2D eigenvalue weighted by molar-refractivity contribution is 6.94. The van der Waals surface area contributed by atoms with Gasteiger partial charge in [-0.25, -0.2) is 0 Å². The highest BCUT2D eigenvalue weighted by Crippen LogP contribution is 2.67. The lowest BCUT2D eigenvalue weighted by Crippen LogP contribution is -2.50. The number of carbonyl (C=O) groups excluding carboxylic acids is 2. The van der Waals surface area contributed by atoms with Crippen molar-refractivity contribution in [2.24, 2.45) is 11.3 Å². The molecule has 2 fully saturated rings. The second kappa shape index (κ2) is 7.36. The third-order valence-electron chi connectivity index (χ3n) is 9.37. The van der Waals surface area contributed by atoms with Crippen molar-refractivity contribution in [3.63, 3.8) is 0 Å². The molecule has 0 amide bonds. The van der Waals surface area contributed by atoms with Crippen LogP contribution in [0.3, 0.4) is 0 Å². The van der Waals surface area contributed by atoms with Crippen molar-refractivity contribution in [3.8, 4) is 0 Å². The predicted octanol–water partition coefficient (Wildman–Crippen LogP) is 5.87. The lowest BCUT2D eigenvalue weighted by atomic mass is 9.67. The molecule has 3 nitrogen and oxygen atoms in total. The minimum absolute atomic E-state index is 0.0823. The summed E-state index contributed by atoms with van der Waals surface area (Å²) in [6, 6.07) is 11.0. The average molecular weight is 448 g/mol. The molecule has 1 aromatic carbocycles. The molecule has 3 atom stereocenters. The second-order valence-corrected chi connectivity index (χ2v) is 17.3. The Morgan fingerprint density at radius 2 is 1.62 bits per heavy atom. The van der Waals surface area contributed by atoms with Crippen LogP contribution >= 0.6 is 0 Å².